The summed E-state index contributed by atoms with van der Waals surface area (Å²) < 4.78 is 41.7. The highest BCUT2D eigenvalue weighted by atomic mass is 32.1. The number of carbonyl (C=O) groups is 1. The van der Waals surface area contributed by atoms with Crippen LogP contribution in [-0.4, -0.2) is 43.4 Å². The number of amides is 1. The molecule has 1 aromatic rings. The van der Waals surface area contributed by atoms with Gasteiger partial charge in [-0.1, -0.05) is 11.3 Å². The van der Waals surface area contributed by atoms with Crippen LogP contribution in [0.5, 0.6) is 0 Å². The van der Waals surface area contributed by atoms with Gasteiger partial charge in [0.1, 0.15) is 6.07 Å². The van der Waals surface area contributed by atoms with Gasteiger partial charge >= 0.3 is 12.1 Å². The van der Waals surface area contributed by atoms with Gasteiger partial charge in [0.15, 0.2) is 15.8 Å². The molecule has 10 heteroatoms. The van der Waals surface area contributed by atoms with Crippen molar-refractivity contribution in [3.05, 3.63) is 4.88 Å². The number of nitriles is 1. The summed E-state index contributed by atoms with van der Waals surface area (Å²) >= 11 is 0.935. The number of hydrogen-bond acceptors (Lipinski definition) is 6. The fourth-order valence-electron chi connectivity index (χ4n) is 1.54. The summed E-state index contributed by atoms with van der Waals surface area (Å²) in [5.41, 5.74) is 0. The van der Waals surface area contributed by atoms with E-state index in [1.165, 1.54) is 0 Å². The lowest BCUT2D eigenvalue weighted by molar-refractivity contribution is -0.167. The Balaban J connectivity index is 2.19. The second-order valence-electron chi connectivity index (χ2n) is 3.84. The van der Waals surface area contributed by atoms with E-state index < -0.39 is 12.1 Å². The smallest absolute Gasteiger partial charge is 0.378 e. The summed E-state index contributed by atoms with van der Waals surface area (Å²) in [7, 11) is 0. The van der Waals surface area contributed by atoms with Gasteiger partial charge in [0, 0.05) is 13.1 Å². The first-order valence-electron chi connectivity index (χ1n) is 5.53. The second kappa shape index (κ2) is 5.64. The summed E-state index contributed by atoms with van der Waals surface area (Å²) in [4.78, 5) is 16.5. The number of anilines is 2. The van der Waals surface area contributed by atoms with E-state index in [9.17, 15) is 18.0 Å². The molecule has 0 aliphatic carbocycles. The van der Waals surface area contributed by atoms with Crippen LogP contribution >= 0.6 is 11.3 Å². The van der Waals surface area contributed by atoms with Crippen LogP contribution in [0.3, 0.4) is 0 Å². The number of hydrogen-bond donors (Lipinski definition) is 1. The molecular formula is C10H9F3N4O2S. The molecule has 20 heavy (non-hydrogen) atoms. The molecule has 1 saturated heterocycles. The minimum Gasteiger partial charge on any atom is -0.378 e. The van der Waals surface area contributed by atoms with Crippen LogP contribution in [-0.2, 0) is 9.53 Å². The van der Waals surface area contributed by atoms with Gasteiger partial charge in [-0.15, -0.1) is 0 Å². The van der Waals surface area contributed by atoms with Crippen molar-refractivity contribution >= 4 is 28.2 Å². The standard InChI is InChI=1S/C10H9F3N4O2S/c11-10(12,13)8(18)15-7-6(5-14)20-9(16-7)17-1-3-19-4-2-17/h1-4H2,(H,15,18). The monoisotopic (exact) mass is 306 g/mol. The zero-order valence-corrected chi connectivity index (χ0v) is 10.8. The quantitative estimate of drug-likeness (QED) is 0.892. The van der Waals surface area contributed by atoms with E-state index in [4.69, 9.17) is 10.00 Å². The Kier molecular flexibility index (Phi) is 4.10. The van der Waals surface area contributed by atoms with E-state index in [0.717, 1.165) is 11.3 Å². The van der Waals surface area contributed by atoms with E-state index >= 15 is 0 Å². The number of alkyl halides is 3. The molecule has 1 amide bonds. The number of halogens is 3. The first kappa shape index (κ1) is 14.5. The van der Waals surface area contributed by atoms with Crippen LogP contribution in [0.1, 0.15) is 4.88 Å². The van der Waals surface area contributed by atoms with E-state index in [1.807, 2.05) is 0 Å². The maximum absolute atomic E-state index is 12.2. The highest BCUT2D eigenvalue weighted by molar-refractivity contribution is 7.16. The third-order valence-electron chi connectivity index (χ3n) is 2.49. The lowest BCUT2D eigenvalue weighted by Gasteiger charge is -2.25. The summed E-state index contributed by atoms with van der Waals surface area (Å²) in [5, 5.41) is 10.9. The van der Waals surface area contributed by atoms with E-state index in [0.29, 0.717) is 31.4 Å². The van der Waals surface area contributed by atoms with Gasteiger partial charge < -0.3 is 15.0 Å². The first-order valence-corrected chi connectivity index (χ1v) is 6.35. The van der Waals surface area contributed by atoms with Gasteiger partial charge in [0.2, 0.25) is 0 Å². The molecule has 108 valence electrons. The molecule has 2 heterocycles. The number of nitrogens with zero attached hydrogens (tertiary/aromatic N) is 3. The average molecular weight is 306 g/mol. The predicted molar refractivity (Wildman–Crippen MR) is 64.5 cm³/mol. The molecule has 1 N–H and O–H groups in total. The molecule has 1 aliphatic rings. The SMILES string of the molecule is N#Cc1sc(N2CCOCC2)nc1NC(=O)C(F)(F)F. The molecule has 0 atom stereocenters. The molecule has 0 aromatic carbocycles. The normalized spacial score (nSPS) is 15.8. The zero-order valence-electron chi connectivity index (χ0n) is 10.0. The van der Waals surface area contributed by atoms with Crippen molar-refractivity contribution in [2.45, 2.75) is 6.18 Å². The number of nitrogens with one attached hydrogen (secondary N) is 1. The third kappa shape index (κ3) is 3.17. The Labute approximate surface area is 115 Å². The van der Waals surface area contributed by atoms with E-state index in [1.54, 1.807) is 16.3 Å². The van der Waals surface area contributed by atoms with Crippen LogP contribution < -0.4 is 10.2 Å². The fourth-order valence-corrected chi connectivity index (χ4v) is 2.41. The highest BCUT2D eigenvalue weighted by Gasteiger charge is 2.39. The Morgan fingerprint density at radius 2 is 2.10 bits per heavy atom. The molecule has 0 spiro atoms. The van der Waals surface area contributed by atoms with Crippen LogP contribution in [0.15, 0.2) is 0 Å². The Morgan fingerprint density at radius 3 is 2.65 bits per heavy atom. The molecule has 1 aliphatic heterocycles. The largest absolute Gasteiger partial charge is 0.471 e. The van der Waals surface area contributed by atoms with Crippen molar-refractivity contribution in [2.75, 3.05) is 36.5 Å². The fraction of sp³-hybridized carbons (Fsp3) is 0.500. The number of rotatable bonds is 2. The lowest BCUT2D eigenvalue weighted by Crippen LogP contribution is -2.36. The predicted octanol–water partition coefficient (Wildman–Crippen LogP) is 1.35. The number of thiazole rings is 1. The third-order valence-corrected chi connectivity index (χ3v) is 3.51. The van der Waals surface area contributed by atoms with Crippen LogP contribution in [0, 0.1) is 11.3 Å². The minimum absolute atomic E-state index is 0.0657. The van der Waals surface area contributed by atoms with E-state index in [-0.39, 0.29) is 10.7 Å². The topological polar surface area (TPSA) is 78.2 Å². The minimum atomic E-state index is -5.02. The molecule has 0 saturated carbocycles. The number of ether oxygens (including phenoxy) is 1. The Hall–Kier alpha value is -1.86. The van der Waals surface area contributed by atoms with Crippen molar-refractivity contribution in [3.8, 4) is 6.07 Å². The molecule has 0 unspecified atom stereocenters. The van der Waals surface area contributed by atoms with Gasteiger partial charge in [0.25, 0.3) is 0 Å². The Morgan fingerprint density at radius 1 is 1.45 bits per heavy atom. The van der Waals surface area contributed by atoms with Crippen molar-refractivity contribution in [1.82, 2.24) is 4.98 Å². The van der Waals surface area contributed by atoms with E-state index in [2.05, 4.69) is 4.98 Å². The summed E-state index contributed by atoms with van der Waals surface area (Å²) in [6, 6.07) is 1.73. The maximum Gasteiger partial charge on any atom is 0.471 e. The number of carbonyl (C=O) groups excluding carboxylic acids is 1. The molecule has 1 aromatic heterocycles. The average Bonchev–Trinajstić information content (AvgIpc) is 2.82. The first-order chi connectivity index (χ1) is 9.41. The second-order valence-corrected chi connectivity index (χ2v) is 4.81. The van der Waals surface area contributed by atoms with Gasteiger partial charge in [-0.3, -0.25) is 4.79 Å². The molecule has 0 radical (unpaired) electrons. The zero-order chi connectivity index (χ0) is 14.8. The molecule has 1 fully saturated rings. The maximum atomic E-state index is 12.2. The van der Waals surface area contributed by atoms with Crippen LogP contribution in [0.25, 0.3) is 0 Å². The molecule has 6 nitrogen and oxygen atoms in total. The number of aromatic nitrogens is 1. The lowest BCUT2D eigenvalue weighted by atomic mass is 10.4. The molecular weight excluding hydrogens is 297 g/mol. The van der Waals surface area contributed by atoms with Gasteiger partial charge in [-0.05, 0) is 0 Å². The molecule has 2 rings (SSSR count). The van der Waals surface area contributed by atoms with Crippen molar-refractivity contribution < 1.29 is 22.7 Å². The highest BCUT2D eigenvalue weighted by Crippen LogP contribution is 2.30. The van der Waals surface area contributed by atoms with Gasteiger partial charge in [-0.2, -0.15) is 18.4 Å². The van der Waals surface area contributed by atoms with Crippen molar-refractivity contribution in [1.29, 1.82) is 5.26 Å². The summed E-state index contributed by atoms with van der Waals surface area (Å²) in [5.74, 6) is -2.51. The van der Waals surface area contributed by atoms with Crippen LogP contribution in [0.2, 0.25) is 0 Å². The van der Waals surface area contributed by atoms with Gasteiger partial charge in [0.05, 0.1) is 13.2 Å². The Bertz CT molecular complexity index is 546. The molecule has 0 bridgehead atoms. The van der Waals surface area contributed by atoms with Crippen LogP contribution in [0.4, 0.5) is 24.1 Å². The summed E-state index contributed by atoms with van der Waals surface area (Å²) in [6.07, 6.45) is -5.02. The number of morpholine rings is 1. The van der Waals surface area contributed by atoms with Crippen molar-refractivity contribution in [3.63, 3.8) is 0 Å². The van der Waals surface area contributed by atoms with Crippen molar-refractivity contribution in [2.24, 2.45) is 0 Å². The van der Waals surface area contributed by atoms with Gasteiger partial charge in [-0.25, -0.2) is 4.98 Å². The summed E-state index contributed by atoms with van der Waals surface area (Å²) in [6.45, 7) is 2.02.